The van der Waals surface area contributed by atoms with Crippen LogP contribution in [0.5, 0.6) is 0 Å². The predicted octanol–water partition coefficient (Wildman–Crippen LogP) is 1.79. The average molecular weight is 182 g/mol. The Morgan fingerprint density at radius 3 is 2.62 bits per heavy atom. The van der Waals surface area contributed by atoms with Gasteiger partial charge < -0.3 is 4.90 Å². The quantitative estimate of drug-likeness (QED) is 0.573. The van der Waals surface area contributed by atoms with E-state index in [-0.39, 0.29) is 11.8 Å². The second-order valence-electron chi connectivity index (χ2n) is 2.93. The lowest BCUT2D eigenvalue weighted by Gasteiger charge is -2.28. The fourth-order valence-electron chi connectivity index (χ4n) is 1.37. The van der Waals surface area contributed by atoms with Gasteiger partial charge in [0.1, 0.15) is 0 Å². The molecule has 1 fully saturated rings. The molecule has 0 saturated carbocycles. The fourth-order valence-corrected chi connectivity index (χ4v) is 1.37. The smallest absolute Gasteiger partial charge is 0.219 e. The summed E-state index contributed by atoms with van der Waals surface area (Å²) in [6.07, 6.45) is 1.91. The lowest BCUT2D eigenvalue weighted by atomic mass is 10.00. The number of nitriles is 1. The van der Waals surface area contributed by atoms with Gasteiger partial charge >= 0.3 is 0 Å². The highest BCUT2D eigenvalue weighted by Crippen LogP contribution is 2.14. The van der Waals surface area contributed by atoms with E-state index in [1.165, 1.54) is 0 Å². The van der Waals surface area contributed by atoms with Gasteiger partial charge in [-0.3, -0.25) is 4.79 Å². The Hall–Kier alpha value is -1.04. The SMILES string of the molecule is CC.CC(=O)N1CCC[C@H](C#N)C1. The molecule has 0 bridgehead atoms. The minimum Gasteiger partial charge on any atom is -0.342 e. The van der Waals surface area contributed by atoms with Gasteiger partial charge in [-0.15, -0.1) is 0 Å². The van der Waals surface area contributed by atoms with E-state index in [0.717, 1.165) is 19.4 Å². The highest BCUT2D eigenvalue weighted by Gasteiger charge is 2.20. The van der Waals surface area contributed by atoms with Gasteiger partial charge in [0, 0.05) is 20.0 Å². The second kappa shape index (κ2) is 6.47. The molecule has 1 atom stereocenters. The van der Waals surface area contributed by atoms with Crippen molar-refractivity contribution in [3.63, 3.8) is 0 Å². The number of likely N-dealkylation sites (tertiary alicyclic amines) is 1. The van der Waals surface area contributed by atoms with Crippen LogP contribution in [0.2, 0.25) is 0 Å². The summed E-state index contributed by atoms with van der Waals surface area (Å²) in [6.45, 7) is 7.01. The first-order valence-corrected chi connectivity index (χ1v) is 4.89. The maximum atomic E-state index is 10.9. The molecule has 3 nitrogen and oxygen atoms in total. The lowest BCUT2D eigenvalue weighted by molar-refractivity contribution is -0.130. The molecule has 1 aliphatic heterocycles. The largest absolute Gasteiger partial charge is 0.342 e. The third-order valence-electron chi connectivity index (χ3n) is 2.05. The molecule has 0 aliphatic carbocycles. The van der Waals surface area contributed by atoms with Crippen molar-refractivity contribution in [2.45, 2.75) is 33.6 Å². The van der Waals surface area contributed by atoms with Gasteiger partial charge in [-0.05, 0) is 12.8 Å². The maximum absolute atomic E-state index is 10.9. The summed E-state index contributed by atoms with van der Waals surface area (Å²) in [7, 11) is 0. The van der Waals surface area contributed by atoms with Crippen LogP contribution in [-0.4, -0.2) is 23.9 Å². The van der Waals surface area contributed by atoms with Crippen molar-refractivity contribution >= 4 is 5.91 Å². The molecule has 13 heavy (non-hydrogen) atoms. The second-order valence-corrected chi connectivity index (χ2v) is 2.93. The van der Waals surface area contributed by atoms with Gasteiger partial charge in [0.05, 0.1) is 12.0 Å². The zero-order chi connectivity index (χ0) is 10.3. The first-order valence-electron chi connectivity index (χ1n) is 4.89. The summed E-state index contributed by atoms with van der Waals surface area (Å²) in [5, 5.41) is 8.60. The van der Waals surface area contributed by atoms with Gasteiger partial charge in [0.2, 0.25) is 5.91 Å². The fraction of sp³-hybridized carbons (Fsp3) is 0.800. The van der Waals surface area contributed by atoms with Crippen molar-refractivity contribution in [1.82, 2.24) is 4.90 Å². The predicted molar refractivity (Wildman–Crippen MR) is 51.9 cm³/mol. The van der Waals surface area contributed by atoms with Crippen LogP contribution in [0.1, 0.15) is 33.6 Å². The summed E-state index contributed by atoms with van der Waals surface area (Å²) in [5.41, 5.74) is 0. The molecule has 0 unspecified atom stereocenters. The van der Waals surface area contributed by atoms with E-state index in [9.17, 15) is 4.79 Å². The molecule has 0 N–H and O–H groups in total. The van der Waals surface area contributed by atoms with Crippen LogP contribution >= 0.6 is 0 Å². The third-order valence-corrected chi connectivity index (χ3v) is 2.05. The molecule has 1 saturated heterocycles. The number of rotatable bonds is 0. The lowest BCUT2D eigenvalue weighted by Crippen LogP contribution is -2.37. The number of hydrogen-bond acceptors (Lipinski definition) is 2. The molecule has 0 aromatic rings. The van der Waals surface area contributed by atoms with Gasteiger partial charge in [-0.2, -0.15) is 5.26 Å². The Morgan fingerprint density at radius 1 is 1.54 bits per heavy atom. The van der Waals surface area contributed by atoms with Crippen LogP contribution in [0.4, 0.5) is 0 Å². The zero-order valence-electron chi connectivity index (χ0n) is 8.71. The van der Waals surface area contributed by atoms with Crippen molar-refractivity contribution in [1.29, 1.82) is 5.26 Å². The van der Waals surface area contributed by atoms with Crippen LogP contribution in [0.15, 0.2) is 0 Å². The molecule has 1 amide bonds. The van der Waals surface area contributed by atoms with E-state index in [4.69, 9.17) is 5.26 Å². The summed E-state index contributed by atoms with van der Waals surface area (Å²) in [5.74, 6) is 0.151. The zero-order valence-corrected chi connectivity index (χ0v) is 8.71. The molecule has 0 aromatic heterocycles. The van der Waals surface area contributed by atoms with E-state index < -0.39 is 0 Å². The number of amides is 1. The Bertz CT molecular complexity index is 196. The molecule has 1 heterocycles. The minimum atomic E-state index is 0.0626. The van der Waals surface area contributed by atoms with E-state index in [1.54, 1.807) is 11.8 Å². The van der Waals surface area contributed by atoms with Gasteiger partial charge in [0.25, 0.3) is 0 Å². The Balaban J connectivity index is 0.000000671. The van der Waals surface area contributed by atoms with Crippen LogP contribution in [0.25, 0.3) is 0 Å². The number of nitrogens with zero attached hydrogens (tertiary/aromatic N) is 2. The minimum absolute atomic E-state index is 0.0626. The number of carbonyl (C=O) groups is 1. The van der Waals surface area contributed by atoms with Gasteiger partial charge in [-0.25, -0.2) is 0 Å². The molecule has 74 valence electrons. The number of hydrogen-bond donors (Lipinski definition) is 0. The molecule has 3 heteroatoms. The standard InChI is InChI=1S/C8H12N2O.C2H6/c1-7(11)10-4-2-3-8(5-9)6-10;1-2/h8H,2-4,6H2,1H3;1-2H3/t8-;/m1./s1. The van der Waals surface area contributed by atoms with Crippen LogP contribution in [0, 0.1) is 17.2 Å². The normalized spacial score (nSPS) is 21.1. The number of carbonyl (C=O) groups excluding carboxylic acids is 1. The van der Waals surface area contributed by atoms with Gasteiger partial charge in [0.15, 0.2) is 0 Å². The molecule has 0 radical (unpaired) electrons. The van der Waals surface area contributed by atoms with E-state index in [0.29, 0.717) is 6.54 Å². The first-order chi connectivity index (χ1) is 6.24. The average Bonchev–Trinajstić information content (AvgIpc) is 2.21. The molecular formula is C10H18N2O. The topological polar surface area (TPSA) is 44.1 Å². The summed E-state index contributed by atoms with van der Waals surface area (Å²) >= 11 is 0. The molecule has 1 rings (SSSR count). The summed E-state index contributed by atoms with van der Waals surface area (Å²) in [4.78, 5) is 12.6. The van der Waals surface area contributed by atoms with Crippen LogP contribution in [-0.2, 0) is 4.79 Å². The van der Waals surface area contributed by atoms with Crippen LogP contribution in [0.3, 0.4) is 0 Å². The van der Waals surface area contributed by atoms with E-state index in [2.05, 4.69) is 6.07 Å². The molecule has 0 aromatic carbocycles. The maximum Gasteiger partial charge on any atom is 0.219 e. The van der Waals surface area contributed by atoms with Crippen molar-refractivity contribution in [2.75, 3.05) is 13.1 Å². The van der Waals surface area contributed by atoms with Crippen molar-refractivity contribution in [3.8, 4) is 6.07 Å². The number of piperidine rings is 1. The van der Waals surface area contributed by atoms with E-state index in [1.807, 2.05) is 13.8 Å². The highest BCUT2D eigenvalue weighted by molar-refractivity contribution is 5.73. The first kappa shape index (κ1) is 12.0. The van der Waals surface area contributed by atoms with Crippen molar-refractivity contribution in [2.24, 2.45) is 5.92 Å². The Morgan fingerprint density at radius 2 is 2.15 bits per heavy atom. The Labute approximate surface area is 80.3 Å². The van der Waals surface area contributed by atoms with Crippen molar-refractivity contribution < 1.29 is 4.79 Å². The Kier molecular flexibility index (Phi) is 5.96. The molecule has 1 aliphatic rings. The molecular weight excluding hydrogens is 164 g/mol. The summed E-state index contributed by atoms with van der Waals surface area (Å²) < 4.78 is 0. The summed E-state index contributed by atoms with van der Waals surface area (Å²) in [6, 6.07) is 2.19. The van der Waals surface area contributed by atoms with Crippen LogP contribution < -0.4 is 0 Å². The monoisotopic (exact) mass is 182 g/mol. The third kappa shape index (κ3) is 3.93. The van der Waals surface area contributed by atoms with E-state index >= 15 is 0 Å². The molecule has 0 spiro atoms. The van der Waals surface area contributed by atoms with Crippen molar-refractivity contribution in [3.05, 3.63) is 0 Å². The van der Waals surface area contributed by atoms with Gasteiger partial charge in [-0.1, -0.05) is 13.8 Å². The highest BCUT2D eigenvalue weighted by atomic mass is 16.2.